The molecule has 25 heavy (non-hydrogen) atoms. The Morgan fingerprint density at radius 3 is 2.60 bits per heavy atom. The maximum Gasteiger partial charge on any atom is 0.337 e. The van der Waals surface area contributed by atoms with Crippen LogP contribution in [0.15, 0.2) is 59.8 Å². The van der Waals surface area contributed by atoms with E-state index in [9.17, 15) is 4.79 Å². The smallest absolute Gasteiger partial charge is 0.337 e. The Morgan fingerprint density at radius 2 is 1.84 bits per heavy atom. The van der Waals surface area contributed by atoms with Crippen LogP contribution >= 0.6 is 11.8 Å². The van der Waals surface area contributed by atoms with Crippen molar-refractivity contribution in [3.05, 3.63) is 77.1 Å². The van der Waals surface area contributed by atoms with Crippen molar-refractivity contribution in [2.24, 2.45) is 0 Å². The maximum absolute atomic E-state index is 11.6. The van der Waals surface area contributed by atoms with E-state index in [-0.39, 0.29) is 5.97 Å². The largest absolute Gasteiger partial charge is 0.465 e. The molecule has 1 aromatic heterocycles. The molecule has 6 heteroatoms. The van der Waals surface area contributed by atoms with E-state index in [1.165, 1.54) is 12.7 Å². The number of aromatic nitrogens is 3. The third-order valence-electron chi connectivity index (χ3n) is 3.80. The highest BCUT2D eigenvalue weighted by atomic mass is 32.2. The third kappa shape index (κ3) is 4.28. The summed E-state index contributed by atoms with van der Waals surface area (Å²) in [4.78, 5) is 11.6. The van der Waals surface area contributed by atoms with E-state index >= 15 is 0 Å². The normalized spacial score (nSPS) is 10.6. The van der Waals surface area contributed by atoms with Gasteiger partial charge in [0.25, 0.3) is 0 Å². The van der Waals surface area contributed by atoms with Gasteiger partial charge in [-0.05, 0) is 30.2 Å². The zero-order chi connectivity index (χ0) is 17.6. The van der Waals surface area contributed by atoms with Crippen LogP contribution in [-0.4, -0.2) is 27.8 Å². The zero-order valence-electron chi connectivity index (χ0n) is 14.2. The van der Waals surface area contributed by atoms with Crippen LogP contribution in [0.5, 0.6) is 0 Å². The number of nitrogens with zero attached hydrogens (tertiary/aromatic N) is 3. The first-order valence-electron chi connectivity index (χ1n) is 7.91. The Balaban J connectivity index is 1.73. The summed E-state index contributed by atoms with van der Waals surface area (Å²) in [6.45, 7) is 2.70. The SMILES string of the molecule is COC(=O)c1cccc(CSc2nnc(C)n2Cc2ccccc2)c1. The number of benzene rings is 2. The van der Waals surface area contributed by atoms with Crippen molar-refractivity contribution in [1.29, 1.82) is 0 Å². The lowest BCUT2D eigenvalue weighted by atomic mass is 10.1. The molecule has 0 fully saturated rings. The van der Waals surface area contributed by atoms with Crippen LogP contribution in [0.2, 0.25) is 0 Å². The van der Waals surface area contributed by atoms with E-state index in [0.29, 0.717) is 11.3 Å². The quantitative estimate of drug-likeness (QED) is 0.499. The molecule has 1 heterocycles. The van der Waals surface area contributed by atoms with Gasteiger partial charge < -0.3 is 9.30 Å². The highest BCUT2D eigenvalue weighted by Gasteiger charge is 2.11. The van der Waals surface area contributed by atoms with Crippen LogP contribution in [-0.2, 0) is 17.0 Å². The molecule has 2 aromatic carbocycles. The van der Waals surface area contributed by atoms with Crippen molar-refractivity contribution in [1.82, 2.24) is 14.8 Å². The molecule has 0 N–H and O–H groups in total. The van der Waals surface area contributed by atoms with E-state index in [4.69, 9.17) is 4.74 Å². The van der Waals surface area contributed by atoms with Crippen molar-refractivity contribution >= 4 is 17.7 Å². The molecule has 0 aliphatic heterocycles. The molecule has 0 amide bonds. The highest BCUT2D eigenvalue weighted by molar-refractivity contribution is 7.98. The molecule has 128 valence electrons. The molecule has 0 bridgehead atoms. The van der Waals surface area contributed by atoms with Gasteiger partial charge in [0, 0.05) is 5.75 Å². The average Bonchev–Trinajstić information content (AvgIpc) is 3.00. The van der Waals surface area contributed by atoms with E-state index < -0.39 is 0 Å². The van der Waals surface area contributed by atoms with Crippen molar-refractivity contribution < 1.29 is 9.53 Å². The second-order valence-electron chi connectivity index (χ2n) is 5.58. The molecule has 0 aliphatic carbocycles. The summed E-state index contributed by atoms with van der Waals surface area (Å²) >= 11 is 1.61. The first-order valence-corrected chi connectivity index (χ1v) is 8.89. The highest BCUT2D eigenvalue weighted by Crippen LogP contribution is 2.23. The number of carbonyl (C=O) groups excluding carboxylic acids is 1. The molecule has 3 rings (SSSR count). The molecule has 0 spiro atoms. The Morgan fingerprint density at radius 1 is 1.08 bits per heavy atom. The van der Waals surface area contributed by atoms with Gasteiger partial charge in [0.1, 0.15) is 5.82 Å². The van der Waals surface area contributed by atoms with Gasteiger partial charge in [0.15, 0.2) is 5.16 Å². The summed E-state index contributed by atoms with van der Waals surface area (Å²) in [5, 5.41) is 9.35. The van der Waals surface area contributed by atoms with Crippen LogP contribution in [0.25, 0.3) is 0 Å². The lowest BCUT2D eigenvalue weighted by Gasteiger charge is -2.09. The van der Waals surface area contributed by atoms with Gasteiger partial charge in [-0.25, -0.2) is 4.79 Å². The minimum absolute atomic E-state index is 0.324. The molecule has 0 atom stereocenters. The molecule has 0 aliphatic rings. The minimum atomic E-state index is -0.324. The molecular weight excluding hydrogens is 334 g/mol. The molecular formula is C19H19N3O2S. The van der Waals surface area contributed by atoms with Gasteiger partial charge in [0.05, 0.1) is 19.2 Å². The molecule has 5 nitrogen and oxygen atoms in total. The van der Waals surface area contributed by atoms with Crippen LogP contribution in [0.4, 0.5) is 0 Å². The van der Waals surface area contributed by atoms with E-state index in [1.807, 2.05) is 43.3 Å². The predicted octanol–water partition coefficient (Wildman–Crippen LogP) is 3.71. The Bertz CT molecular complexity index is 862. The van der Waals surface area contributed by atoms with Crippen LogP contribution in [0.1, 0.15) is 27.3 Å². The lowest BCUT2D eigenvalue weighted by molar-refractivity contribution is 0.0600. The van der Waals surface area contributed by atoms with Crippen molar-refractivity contribution in [3.8, 4) is 0 Å². The molecule has 0 radical (unpaired) electrons. The van der Waals surface area contributed by atoms with Gasteiger partial charge in [-0.15, -0.1) is 10.2 Å². The van der Waals surface area contributed by atoms with Crippen molar-refractivity contribution in [2.75, 3.05) is 7.11 Å². The summed E-state index contributed by atoms with van der Waals surface area (Å²) in [5.41, 5.74) is 2.81. The number of aryl methyl sites for hydroxylation is 1. The summed E-state index contributed by atoms with van der Waals surface area (Å²) in [6.07, 6.45) is 0. The summed E-state index contributed by atoms with van der Waals surface area (Å²) in [5.74, 6) is 1.27. The molecule has 0 unspecified atom stereocenters. The molecule has 3 aromatic rings. The number of ether oxygens (including phenoxy) is 1. The molecule has 0 saturated carbocycles. The average molecular weight is 353 g/mol. The fraction of sp³-hybridized carbons (Fsp3) is 0.211. The fourth-order valence-electron chi connectivity index (χ4n) is 2.47. The number of esters is 1. The Kier molecular flexibility index (Phi) is 5.50. The standard InChI is InChI=1S/C19H19N3O2S/c1-14-20-21-19(22(14)12-15-7-4-3-5-8-15)25-13-16-9-6-10-17(11-16)18(23)24-2/h3-11H,12-13H2,1-2H3. The van der Waals surface area contributed by atoms with E-state index in [1.54, 1.807) is 17.8 Å². The summed E-state index contributed by atoms with van der Waals surface area (Å²) in [7, 11) is 1.39. The fourth-order valence-corrected chi connectivity index (χ4v) is 3.40. The second-order valence-corrected chi connectivity index (χ2v) is 6.52. The van der Waals surface area contributed by atoms with E-state index in [0.717, 1.165) is 23.1 Å². The van der Waals surface area contributed by atoms with Crippen molar-refractivity contribution in [2.45, 2.75) is 24.4 Å². The van der Waals surface area contributed by atoms with E-state index in [2.05, 4.69) is 26.9 Å². The zero-order valence-corrected chi connectivity index (χ0v) is 15.0. The first kappa shape index (κ1) is 17.2. The first-order chi connectivity index (χ1) is 12.2. The number of carbonyl (C=O) groups is 1. The van der Waals surface area contributed by atoms with Crippen LogP contribution in [0, 0.1) is 6.92 Å². The maximum atomic E-state index is 11.6. The number of thioether (sulfide) groups is 1. The van der Waals surface area contributed by atoms with Gasteiger partial charge >= 0.3 is 5.97 Å². The number of rotatable bonds is 6. The molecule has 0 saturated heterocycles. The van der Waals surface area contributed by atoms with Gasteiger partial charge in [-0.1, -0.05) is 54.2 Å². The minimum Gasteiger partial charge on any atom is -0.465 e. The lowest BCUT2D eigenvalue weighted by Crippen LogP contribution is -2.04. The van der Waals surface area contributed by atoms with Gasteiger partial charge in [-0.2, -0.15) is 0 Å². The topological polar surface area (TPSA) is 57.0 Å². The monoisotopic (exact) mass is 353 g/mol. The Hall–Kier alpha value is -2.60. The Labute approximate surface area is 151 Å². The number of methoxy groups -OCH3 is 1. The number of hydrogen-bond acceptors (Lipinski definition) is 5. The van der Waals surface area contributed by atoms with Gasteiger partial charge in [-0.3, -0.25) is 0 Å². The summed E-state index contributed by atoms with van der Waals surface area (Å²) < 4.78 is 6.87. The number of hydrogen-bond donors (Lipinski definition) is 0. The van der Waals surface area contributed by atoms with Crippen LogP contribution < -0.4 is 0 Å². The van der Waals surface area contributed by atoms with Crippen molar-refractivity contribution in [3.63, 3.8) is 0 Å². The second kappa shape index (κ2) is 7.98. The predicted molar refractivity (Wildman–Crippen MR) is 97.6 cm³/mol. The third-order valence-corrected chi connectivity index (χ3v) is 4.84. The van der Waals surface area contributed by atoms with Crippen LogP contribution in [0.3, 0.4) is 0 Å². The van der Waals surface area contributed by atoms with Gasteiger partial charge in [0.2, 0.25) is 0 Å². The summed E-state index contributed by atoms with van der Waals surface area (Å²) in [6, 6.07) is 17.7.